The molecule has 0 amide bonds. The van der Waals surface area contributed by atoms with E-state index in [4.69, 9.17) is 4.42 Å². The van der Waals surface area contributed by atoms with Crippen molar-refractivity contribution < 1.29 is 4.42 Å². The van der Waals surface area contributed by atoms with Crippen molar-refractivity contribution in [1.29, 1.82) is 0 Å². The van der Waals surface area contributed by atoms with Gasteiger partial charge in [-0.15, -0.1) is 11.3 Å². The van der Waals surface area contributed by atoms with Gasteiger partial charge in [-0.05, 0) is 93.2 Å². The first-order valence-corrected chi connectivity index (χ1v) is 19.5. The van der Waals surface area contributed by atoms with Gasteiger partial charge in [0.1, 0.15) is 11.2 Å². The van der Waals surface area contributed by atoms with Crippen LogP contribution in [0.15, 0.2) is 205 Å². The fraction of sp³-hybridized carbons (Fsp3) is 0. The molecular weight excluding hydrogens is 687 g/mol. The predicted octanol–water partition coefficient (Wildman–Crippen LogP) is 15.6. The molecule has 2 heterocycles. The second-order valence-corrected chi connectivity index (χ2v) is 15.1. The van der Waals surface area contributed by atoms with Crippen molar-refractivity contribution in [3.63, 3.8) is 0 Å². The van der Waals surface area contributed by atoms with Gasteiger partial charge in [0.25, 0.3) is 0 Å². The van der Waals surface area contributed by atoms with E-state index in [2.05, 4.69) is 199 Å². The first-order chi connectivity index (χ1) is 27.3. The summed E-state index contributed by atoms with van der Waals surface area (Å²) in [5.74, 6) is 0. The predicted molar refractivity (Wildman–Crippen MR) is 235 cm³/mol. The smallest absolute Gasteiger partial charge is 0.136 e. The van der Waals surface area contributed by atoms with Crippen LogP contribution in [-0.4, -0.2) is 0 Å². The lowest BCUT2D eigenvalue weighted by molar-refractivity contribution is 0.669. The highest BCUT2D eigenvalue weighted by molar-refractivity contribution is 7.26. The second kappa shape index (κ2) is 12.9. The molecule has 0 spiro atoms. The SMILES string of the molecule is c1ccc(-c2ccc(N(c3ccc(-c4cccc5c4sc4ccccc45)cc3)c3ccc4oc5ccccc5c4c3-c3ccc4ccccc4c3)cc2)cc1. The standard InChI is InChI=1S/C52H33NOS/c1-2-11-34(12-3-1)36-23-27-40(28-24-36)53(41-29-25-37(26-30-41)42-17-10-18-44-43-15-7-9-20-49(43)55-52(42)44)46-31-32-48-51(45-16-6-8-19-47(45)54-48)50(46)39-22-21-35-13-4-5-14-38(35)33-39/h1-33H. The quantitative estimate of drug-likeness (QED) is 0.170. The fourth-order valence-corrected chi connectivity index (χ4v) is 9.49. The third kappa shape index (κ3) is 5.32. The third-order valence-corrected chi connectivity index (χ3v) is 12.1. The van der Waals surface area contributed by atoms with Gasteiger partial charge in [0.15, 0.2) is 0 Å². The summed E-state index contributed by atoms with van der Waals surface area (Å²) in [4.78, 5) is 2.41. The zero-order valence-corrected chi connectivity index (χ0v) is 30.6. The van der Waals surface area contributed by atoms with E-state index in [9.17, 15) is 0 Å². The number of furan rings is 1. The second-order valence-electron chi connectivity index (χ2n) is 14.1. The summed E-state index contributed by atoms with van der Waals surface area (Å²) < 4.78 is 9.15. The van der Waals surface area contributed by atoms with Crippen LogP contribution in [0.3, 0.4) is 0 Å². The van der Waals surface area contributed by atoms with Crippen LogP contribution in [0.1, 0.15) is 0 Å². The van der Waals surface area contributed by atoms with Gasteiger partial charge >= 0.3 is 0 Å². The Hall–Kier alpha value is -6.94. The van der Waals surface area contributed by atoms with Gasteiger partial charge in [-0.25, -0.2) is 0 Å². The van der Waals surface area contributed by atoms with E-state index in [-0.39, 0.29) is 0 Å². The Bertz CT molecular complexity index is 3190. The first kappa shape index (κ1) is 31.6. The molecule has 0 atom stereocenters. The van der Waals surface area contributed by atoms with Crippen molar-refractivity contribution in [3.8, 4) is 33.4 Å². The number of benzene rings is 9. The van der Waals surface area contributed by atoms with Crippen LogP contribution in [0.25, 0.3) is 86.3 Å². The number of para-hydroxylation sites is 1. The van der Waals surface area contributed by atoms with Gasteiger partial charge < -0.3 is 9.32 Å². The molecule has 9 aromatic carbocycles. The van der Waals surface area contributed by atoms with E-state index in [1.807, 2.05) is 17.4 Å². The molecule has 55 heavy (non-hydrogen) atoms. The van der Waals surface area contributed by atoms with E-state index < -0.39 is 0 Å². The maximum Gasteiger partial charge on any atom is 0.136 e. The fourth-order valence-electron chi connectivity index (χ4n) is 8.25. The zero-order chi connectivity index (χ0) is 36.3. The van der Waals surface area contributed by atoms with E-state index in [1.54, 1.807) is 0 Å². The molecule has 258 valence electrons. The maximum absolute atomic E-state index is 6.52. The number of rotatable bonds is 6. The third-order valence-electron chi connectivity index (χ3n) is 10.9. The lowest BCUT2D eigenvalue weighted by Crippen LogP contribution is -2.11. The molecule has 0 saturated heterocycles. The minimum Gasteiger partial charge on any atom is -0.456 e. The summed E-state index contributed by atoms with van der Waals surface area (Å²) in [6.45, 7) is 0. The lowest BCUT2D eigenvalue weighted by atomic mass is 9.94. The van der Waals surface area contributed by atoms with Crippen LogP contribution >= 0.6 is 11.3 Å². The van der Waals surface area contributed by atoms with E-state index in [1.165, 1.54) is 53.2 Å². The number of hydrogen-bond donors (Lipinski definition) is 0. The number of nitrogens with zero attached hydrogens (tertiary/aromatic N) is 1. The molecule has 11 rings (SSSR count). The molecule has 3 heteroatoms. The summed E-state index contributed by atoms with van der Waals surface area (Å²) in [6, 6.07) is 72.2. The number of anilines is 3. The largest absolute Gasteiger partial charge is 0.456 e. The molecule has 2 aromatic heterocycles. The lowest BCUT2D eigenvalue weighted by Gasteiger charge is -2.29. The Morgan fingerprint density at radius 1 is 0.400 bits per heavy atom. The van der Waals surface area contributed by atoms with Crippen LogP contribution in [0.5, 0.6) is 0 Å². The monoisotopic (exact) mass is 719 g/mol. The summed E-state index contributed by atoms with van der Waals surface area (Å²) >= 11 is 1.87. The highest BCUT2D eigenvalue weighted by Gasteiger charge is 2.23. The van der Waals surface area contributed by atoms with Crippen molar-refractivity contribution in [2.45, 2.75) is 0 Å². The van der Waals surface area contributed by atoms with Crippen LogP contribution in [0, 0.1) is 0 Å². The Balaban J connectivity index is 1.14. The van der Waals surface area contributed by atoms with Gasteiger partial charge in [0.05, 0.1) is 5.69 Å². The van der Waals surface area contributed by atoms with Gasteiger partial charge in [0, 0.05) is 47.9 Å². The first-order valence-electron chi connectivity index (χ1n) is 18.7. The van der Waals surface area contributed by atoms with Crippen LogP contribution in [0.2, 0.25) is 0 Å². The summed E-state index contributed by atoms with van der Waals surface area (Å²) in [5.41, 5.74) is 12.1. The Labute approximate surface area is 322 Å². The van der Waals surface area contributed by atoms with Gasteiger partial charge in [-0.2, -0.15) is 0 Å². The summed E-state index contributed by atoms with van der Waals surface area (Å²) in [7, 11) is 0. The van der Waals surface area contributed by atoms with Crippen molar-refractivity contribution >= 4 is 81.3 Å². The van der Waals surface area contributed by atoms with E-state index in [0.717, 1.165) is 50.1 Å². The van der Waals surface area contributed by atoms with Gasteiger partial charge in [0.2, 0.25) is 0 Å². The average molecular weight is 720 g/mol. The average Bonchev–Trinajstić information content (AvgIpc) is 3.83. The minimum absolute atomic E-state index is 0.874. The topological polar surface area (TPSA) is 16.4 Å². The Kier molecular flexibility index (Phi) is 7.39. The minimum atomic E-state index is 0.874. The maximum atomic E-state index is 6.52. The molecule has 2 nitrogen and oxygen atoms in total. The molecule has 0 unspecified atom stereocenters. The Morgan fingerprint density at radius 2 is 1.04 bits per heavy atom. The molecule has 0 fully saturated rings. The summed E-state index contributed by atoms with van der Waals surface area (Å²) in [6.07, 6.45) is 0. The molecule has 0 aliphatic carbocycles. The highest BCUT2D eigenvalue weighted by atomic mass is 32.1. The molecule has 0 N–H and O–H groups in total. The number of hydrogen-bond acceptors (Lipinski definition) is 3. The van der Waals surface area contributed by atoms with E-state index >= 15 is 0 Å². The van der Waals surface area contributed by atoms with Crippen LogP contribution in [-0.2, 0) is 0 Å². The molecule has 0 aliphatic heterocycles. The van der Waals surface area contributed by atoms with Gasteiger partial charge in [-0.1, -0.05) is 146 Å². The molecule has 0 radical (unpaired) electrons. The highest BCUT2D eigenvalue weighted by Crippen LogP contribution is 2.48. The number of thiophene rings is 1. The van der Waals surface area contributed by atoms with Crippen molar-refractivity contribution in [1.82, 2.24) is 0 Å². The van der Waals surface area contributed by atoms with Crippen LogP contribution < -0.4 is 4.90 Å². The normalized spacial score (nSPS) is 11.6. The molecule has 0 aliphatic rings. The molecule has 11 aromatic rings. The van der Waals surface area contributed by atoms with Crippen LogP contribution in [0.4, 0.5) is 17.1 Å². The van der Waals surface area contributed by atoms with Crippen molar-refractivity contribution in [3.05, 3.63) is 200 Å². The molecular formula is C52H33NOS. The summed E-state index contributed by atoms with van der Waals surface area (Å²) in [5, 5.41) is 7.26. The van der Waals surface area contributed by atoms with E-state index in [0.29, 0.717) is 0 Å². The van der Waals surface area contributed by atoms with Crippen molar-refractivity contribution in [2.75, 3.05) is 4.90 Å². The molecule has 0 bridgehead atoms. The zero-order valence-electron chi connectivity index (χ0n) is 29.8. The molecule has 0 saturated carbocycles. The van der Waals surface area contributed by atoms with Crippen molar-refractivity contribution in [2.24, 2.45) is 0 Å². The van der Waals surface area contributed by atoms with Gasteiger partial charge in [-0.3, -0.25) is 0 Å². The number of fused-ring (bicyclic) bond motifs is 7. The Morgan fingerprint density at radius 3 is 1.85 bits per heavy atom.